The molecule has 1 aromatic heterocycles. The van der Waals surface area contributed by atoms with E-state index in [9.17, 15) is 4.39 Å². The summed E-state index contributed by atoms with van der Waals surface area (Å²) in [5.41, 5.74) is 1.95. The number of pyridine rings is 1. The van der Waals surface area contributed by atoms with Gasteiger partial charge >= 0.3 is 0 Å². The van der Waals surface area contributed by atoms with E-state index >= 15 is 0 Å². The number of rotatable bonds is 5. The Hall–Kier alpha value is -1.22. The first-order chi connectivity index (χ1) is 7.49. The summed E-state index contributed by atoms with van der Waals surface area (Å²) in [6.45, 7) is 10.0. The van der Waals surface area contributed by atoms with Crippen molar-refractivity contribution in [3.8, 4) is 0 Å². The molecule has 1 rings (SSSR count). The van der Waals surface area contributed by atoms with Crippen LogP contribution in [0.15, 0.2) is 30.5 Å². The van der Waals surface area contributed by atoms with Crippen LogP contribution in [-0.2, 0) is 0 Å². The van der Waals surface area contributed by atoms with Gasteiger partial charge in [-0.15, -0.1) is 6.58 Å². The molecule has 0 bridgehead atoms. The maximum atomic E-state index is 12.8. The zero-order chi connectivity index (χ0) is 12.1. The Bertz CT molecular complexity index is 343. The number of hydrogen-bond acceptors (Lipinski definition) is 2. The minimum Gasteiger partial charge on any atom is -0.306 e. The second-order valence-electron chi connectivity index (χ2n) is 4.44. The lowest BCUT2D eigenvalue weighted by molar-refractivity contribution is 0.463. The molecule has 0 aliphatic heterocycles. The molecule has 16 heavy (non-hydrogen) atoms. The maximum Gasteiger partial charge on any atom is 0.141 e. The SMILES string of the molecule is C=C(C)CC(NC(C)C)c1ccc(F)cn1. The van der Waals surface area contributed by atoms with Crippen molar-refractivity contribution in [2.24, 2.45) is 0 Å². The number of nitrogens with zero attached hydrogens (tertiary/aromatic N) is 1. The molecule has 0 aliphatic rings. The highest BCUT2D eigenvalue weighted by atomic mass is 19.1. The van der Waals surface area contributed by atoms with E-state index in [2.05, 4.69) is 30.7 Å². The van der Waals surface area contributed by atoms with Crippen LogP contribution in [0.5, 0.6) is 0 Å². The van der Waals surface area contributed by atoms with Crippen molar-refractivity contribution in [3.63, 3.8) is 0 Å². The fraction of sp³-hybridized carbons (Fsp3) is 0.462. The summed E-state index contributed by atoms with van der Waals surface area (Å²) in [7, 11) is 0. The fourth-order valence-electron chi connectivity index (χ4n) is 1.59. The van der Waals surface area contributed by atoms with Crippen LogP contribution in [0.25, 0.3) is 0 Å². The summed E-state index contributed by atoms with van der Waals surface area (Å²) in [6, 6.07) is 3.63. The summed E-state index contributed by atoms with van der Waals surface area (Å²) >= 11 is 0. The predicted octanol–water partition coefficient (Wildman–Crippen LogP) is 3.23. The van der Waals surface area contributed by atoms with Crippen molar-refractivity contribution in [1.82, 2.24) is 10.3 Å². The number of halogens is 1. The van der Waals surface area contributed by atoms with Crippen LogP contribution in [0.3, 0.4) is 0 Å². The van der Waals surface area contributed by atoms with Crippen LogP contribution in [0.2, 0.25) is 0 Å². The normalized spacial score (nSPS) is 12.8. The lowest BCUT2D eigenvalue weighted by atomic mass is 10.0. The lowest BCUT2D eigenvalue weighted by Crippen LogP contribution is -2.29. The molecule has 88 valence electrons. The van der Waals surface area contributed by atoms with E-state index in [1.54, 1.807) is 6.07 Å². The molecule has 3 heteroatoms. The molecule has 0 spiro atoms. The van der Waals surface area contributed by atoms with Crippen molar-refractivity contribution < 1.29 is 4.39 Å². The molecular weight excluding hydrogens is 203 g/mol. The van der Waals surface area contributed by atoms with E-state index in [4.69, 9.17) is 0 Å². The van der Waals surface area contributed by atoms with Crippen LogP contribution in [0.4, 0.5) is 4.39 Å². The van der Waals surface area contributed by atoms with Gasteiger partial charge in [0.1, 0.15) is 5.82 Å². The van der Waals surface area contributed by atoms with Crippen LogP contribution in [0, 0.1) is 5.82 Å². The average Bonchev–Trinajstić information content (AvgIpc) is 2.16. The Morgan fingerprint density at radius 3 is 2.62 bits per heavy atom. The zero-order valence-corrected chi connectivity index (χ0v) is 10.1. The first kappa shape index (κ1) is 12.8. The molecule has 0 fully saturated rings. The highest BCUT2D eigenvalue weighted by Crippen LogP contribution is 2.19. The van der Waals surface area contributed by atoms with Gasteiger partial charge in [0.15, 0.2) is 0 Å². The number of aromatic nitrogens is 1. The minimum absolute atomic E-state index is 0.109. The van der Waals surface area contributed by atoms with Crippen molar-refractivity contribution in [1.29, 1.82) is 0 Å². The summed E-state index contributed by atoms with van der Waals surface area (Å²) in [5.74, 6) is -0.303. The van der Waals surface area contributed by atoms with Gasteiger partial charge in [-0.05, 0) is 25.5 Å². The van der Waals surface area contributed by atoms with Crippen LogP contribution in [-0.4, -0.2) is 11.0 Å². The van der Waals surface area contributed by atoms with Crippen LogP contribution in [0.1, 0.15) is 38.9 Å². The van der Waals surface area contributed by atoms with Crippen molar-refractivity contribution in [2.75, 3.05) is 0 Å². The largest absolute Gasteiger partial charge is 0.306 e. The smallest absolute Gasteiger partial charge is 0.141 e. The molecule has 1 heterocycles. The maximum absolute atomic E-state index is 12.8. The molecule has 0 amide bonds. The topological polar surface area (TPSA) is 24.9 Å². The van der Waals surface area contributed by atoms with Gasteiger partial charge in [0, 0.05) is 6.04 Å². The summed E-state index contributed by atoms with van der Waals surface area (Å²) in [5, 5.41) is 3.40. The molecule has 1 aromatic rings. The Labute approximate surface area is 96.6 Å². The van der Waals surface area contributed by atoms with Gasteiger partial charge in [0.2, 0.25) is 0 Å². The summed E-state index contributed by atoms with van der Waals surface area (Å²) < 4.78 is 12.8. The first-order valence-electron chi connectivity index (χ1n) is 5.51. The van der Waals surface area contributed by atoms with E-state index in [0.29, 0.717) is 6.04 Å². The minimum atomic E-state index is -0.303. The molecule has 0 radical (unpaired) electrons. The monoisotopic (exact) mass is 222 g/mol. The molecule has 1 unspecified atom stereocenters. The van der Waals surface area contributed by atoms with Crippen LogP contribution < -0.4 is 5.32 Å². The van der Waals surface area contributed by atoms with E-state index in [1.807, 2.05) is 6.92 Å². The van der Waals surface area contributed by atoms with E-state index in [0.717, 1.165) is 17.7 Å². The molecule has 0 saturated heterocycles. The lowest BCUT2D eigenvalue weighted by Gasteiger charge is -2.20. The van der Waals surface area contributed by atoms with Crippen molar-refractivity contribution in [2.45, 2.75) is 39.3 Å². The van der Waals surface area contributed by atoms with Gasteiger partial charge in [0.25, 0.3) is 0 Å². The van der Waals surface area contributed by atoms with Gasteiger partial charge in [-0.1, -0.05) is 19.4 Å². The van der Waals surface area contributed by atoms with E-state index < -0.39 is 0 Å². The second-order valence-corrected chi connectivity index (χ2v) is 4.44. The van der Waals surface area contributed by atoms with Gasteiger partial charge in [-0.25, -0.2) is 4.39 Å². The van der Waals surface area contributed by atoms with Crippen molar-refractivity contribution in [3.05, 3.63) is 42.0 Å². The van der Waals surface area contributed by atoms with E-state index in [-0.39, 0.29) is 11.9 Å². The molecule has 2 nitrogen and oxygen atoms in total. The van der Waals surface area contributed by atoms with E-state index in [1.165, 1.54) is 12.3 Å². The third-order valence-corrected chi connectivity index (χ3v) is 2.19. The molecule has 0 saturated carbocycles. The molecule has 1 atom stereocenters. The molecule has 0 aromatic carbocycles. The quantitative estimate of drug-likeness (QED) is 0.774. The number of hydrogen-bond donors (Lipinski definition) is 1. The average molecular weight is 222 g/mol. The third kappa shape index (κ3) is 4.11. The second kappa shape index (κ2) is 5.75. The standard InChI is InChI=1S/C13H19FN2/c1-9(2)7-13(16-10(3)4)12-6-5-11(14)8-15-12/h5-6,8,10,13,16H,1,7H2,2-4H3. The first-order valence-corrected chi connectivity index (χ1v) is 5.51. The highest BCUT2D eigenvalue weighted by Gasteiger charge is 2.13. The summed E-state index contributed by atoms with van der Waals surface area (Å²) in [6.07, 6.45) is 2.07. The Kier molecular flexibility index (Phi) is 4.62. The Morgan fingerprint density at radius 2 is 2.19 bits per heavy atom. The summed E-state index contributed by atoms with van der Waals surface area (Å²) in [4.78, 5) is 4.11. The molecule has 1 N–H and O–H groups in total. The number of nitrogens with one attached hydrogen (secondary N) is 1. The van der Waals surface area contributed by atoms with Crippen molar-refractivity contribution >= 4 is 0 Å². The molecule has 0 aliphatic carbocycles. The van der Waals surface area contributed by atoms with Crippen LogP contribution >= 0.6 is 0 Å². The highest BCUT2D eigenvalue weighted by molar-refractivity contribution is 5.12. The van der Waals surface area contributed by atoms with Gasteiger partial charge in [-0.3, -0.25) is 4.98 Å². The van der Waals surface area contributed by atoms with Gasteiger partial charge in [0.05, 0.1) is 17.9 Å². The third-order valence-electron chi connectivity index (χ3n) is 2.19. The predicted molar refractivity (Wildman–Crippen MR) is 64.6 cm³/mol. The fourth-order valence-corrected chi connectivity index (χ4v) is 1.59. The Morgan fingerprint density at radius 1 is 1.50 bits per heavy atom. The van der Waals surface area contributed by atoms with Gasteiger partial charge < -0.3 is 5.32 Å². The molecular formula is C13H19FN2. The van der Waals surface area contributed by atoms with Gasteiger partial charge in [-0.2, -0.15) is 0 Å². The Balaban J connectivity index is 2.82. The zero-order valence-electron chi connectivity index (χ0n) is 10.1.